The molecule has 2 N–H and O–H groups in total. The zero-order valence-electron chi connectivity index (χ0n) is 16.2. The van der Waals surface area contributed by atoms with E-state index in [0.717, 1.165) is 17.8 Å². The first-order valence-corrected chi connectivity index (χ1v) is 10.3. The first-order valence-electron chi connectivity index (χ1n) is 9.41. The number of primary amides is 1. The minimum atomic E-state index is -4.63. The van der Waals surface area contributed by atoms with Gasteiger partial charge in [0, 0.05) is 24.6 Å². The maximum atomic E-state index is 13.3. The summed E-state index contributed by atoms with van der Waals surface area (Å²) in [5, 5.41) is -0.793. The van der Waals surface area contributed by atoms with Crippen LogP contribution >= 0.6 is 11.8 Å². The molecule has 1 fully saturated rings. The van der Waals surface area contributed by atoms with Crippen LogP contribution in [-0.2, 0) is 15.8 Å². The van der Waals surface area contributed by atoms with Crippen molar-refractivity contribution in [3.8, 4) is 11.3 Å². The molecular weight excluding hydrogens is 417 g/mol. The summed E-state index contributed by atoms with van der Waals surface area (Å²) in [5.41, 5.74) is 4.92. The smallest absolute Gasteiger partial charge is 0.369 e. The Hall–Kier alpha value is -2.62. The summed E-state index contributed by atoms with van der Waals surface area (Å²) in [6.07, 6.45) is -3.67. The van der Waals surface area contributed by atoms with E-state index in [2.05, 4.69) is 9.97 Å². The van der Waals surface area contributed by atoms with Gasteiger partial charge in [0.15, 0.2) is 5.16 Å². The fraction of sp³-hybridized carbons (Fsp3) is 0.400. The normalized spacial score (nSPS) is 16.3. The number of thioether (sulfide) groups is 1. The highest BCUT2D eigenvalue weighted by Crippen LogP contribution is 2.33. The number of halogens is 3. The number of likely N-dealkylation sites (tertiary alicyclic amines) is 1. The van der Waals surface area contributed by atoms with Crippen LogP contribution in [0.1, 0.15) is 25.5 Å². The second kappa shape index (κ2) is 9.03. The molecule has 160 valence electrons. The Balaban J connectivity index is 1.78. The van der Waals surface area contributed by atoms with Gasteiger partial charge in [0.05, 0.1) is 10.9 Å². The number of benzene rings is 1. The Kier molecular flexibility index (Phi) is 6.64. The van der Waals surface area contributed by atoms with Crippen LogP contribution in [0.2, 0.25) is 0 Å². The Bertz CT molecular complexity index is 916. The molecule has 0 spiro atoms. The molecule has 1 aromatic carbocycles. The fourth-order valence-corrected chi connectivity index (χ4v) is 4.10. The second-order valence-corrected chi connectivity index (χ2v) is 8.35. The molecule has 2 aromatic rings. The third-order valence-corrected chi connectivity index (χ3v) is 5.85. The van der Waals surface area contributed by atoms with E-state index in [9.17, 15) is 22.8 Å². The molecule has 1 aliphatic rings. The second-order valence-electron chi connectivity index (χ2n) is 7.05. The van der Waals surface area contributed by atoms with E-state index in [1.807, 2.05) is 0 Å². The average Bonchev–Trinajstić information content (AvgIpc) is 2.73. The van der Waals surface area contributed by atoms with Crippen molar-refractivity contribution in [2.75, 3.05) is 13.1 Å². The lowest BCUT2D eigenvalue weighted by molar-refractivity contribution is -0.141. The van der Waals surface area contributed by atoms with Crippen molar-refractivity contribution < 1.29 is 22.8 Å². The number of carbonyl (C=O) groups excluding carboxylic acids is 2. The SMILES string of the molecule is C[C@H](Sc1nc(-c2ccccc2)cc(C(F)(F)F)n1)C(=O)N1CCC(C(N)=O)CC1. The number of rotatable bonds is 5. The monoisotopic (exact) mass is 438 g/mol. The van der Waals surface area contributed by atoms with Crippen LogP contribution in [0.5, 0.6) is 0 Å². The summed E-state index contributed by atoms with van der Waals surface area (Å²) >= 11 is 0.886. The van der Waals surface area contributed by atoms with Crippen LogP contribution in [0.3, 0.4) is 0 Å². The predicted molar refractivity (Wildman–Crippen MR) is 106 cm³/mol. The van der Waals surface area contributed by atoms with Crippen molar-refractivity contribution in [2.24, 2.45) is 11.7 Å². The highest BCUT2D eigenvalue weighted by Gasteiger charge is 2.35. The minimum absolute atomic E-state index is 0.114. The summed E-state index contributed by atoms with van der Waals surface area (Å²) in [7, 11) is 0. The molecule has 0 unspecified atom stereocenters. The lowest BCUT2D eigenvalue weighted by atomic mass is 9.96. The van der Waals surface area contributed by atoms with Gasteiger partial charge in [-0.25, -0.2) is 9.97 Å². The number of aromatic nitrogens is 2. The van der Waals surface area contributed by atoms with E-state index < -0.39 is 17.1 Å². The number of amides is 2. The quantitative estimate of drug-likeness (QED) is 0.571. The Morgan fingerprint density at radius 2 is 1.80 bits per heavy atom. The fourth-order valence-electron chi connectivity index (χ4n) is 3.23. The molecule has 1 atom stereocenters. The lowest BCUT2D eigenvalue weighted by Crippen LogP contribution is -2.44. The van der Waals surface area contributed by atoms with Gasteiger partial charge in [0.1, 0.15) is 5.69 Å². The number of hydrogen-bond donors (Lipinski definition) is 1. The van der Waals surface area contributed by atoms with Crippen LogP contribution < -0.4 is 5.73 Å². The average molecular weight is 438 g/mol. The van der Waals surface area contributed by atoms with Crippen molar-refractivity contribution in [1.82, 2.24) is 14.9 Å². The highest BCUT2D eigenvalue weighted by atomic mass is 32.2. The molecule has 0 bridgehead atoms. The molecular formula is C20H21F3N4O2S. The molecule has 10 heteroatoms. The molecule has 0 saturated carbocycles. The van der Waals surface area contributed by atoms with Crippen molar-refractivity contribution in [2.45, 2.75) is 36.3 Å². The third kappa shape index (κ3) is 5.29. The molecule has 30 heavy (non-hydrogen) atoms. The third-order valence-electron chi connectivity index (χ3n) is 4.90. The summed E-state index contributed by atoms with van der Waals surface area (Å²) in [5.74, 6) is -0.863. The topological polar surface area (TPSA) is 89.2 Å². The van der Waals surface area contributed by atoms with Crippen LogP contribution in [0.15, 0.2) is 41.6 Å². The number of carbonyl (C=O) groups is 2. The minimum Gasteiger partial charge on any atom is -0.369 e. The summed E-state index contributed by atoms with van der Waals surface area (Å²) in [6, 6.07) is 9.40. The Morgan fingerprint density at radius 1 is 1.17 bits per heavy atom. The molecule has 3 rings (SSSR count). The van der Waals surface area contributed by atoms with Gasteiger partial charge in [-0.2, -0.15) is 13.2 Å². The summed E-state index contributed by atoms with van der Waals surface area (Å²) in [4.78, 5) is 33.5. The van der Waals surface area contributed by atoms with Crippen molar-refractivity contribution in [3.05, 3.63) is 42.1 Å². The van der Waals surface area contributed by atoms with Crippen molar-refractivity contribution in [3.63, 3.8) is 0 Å². The molecule has 2 amide bonds. The van der Waals surface area contributed by atoms with E-state index in [4.69, 9.17) is 5.73 Å². The molecule has 2 heterocycles. The number of nitrogens with zero attached hydrogens (tertiary/aromatic N) is 3. The van der Waals surface area contributed by atoms with E-state index >= 15 is 0 Å². The first-order chi connectivity index (χ1) is 14.1. The van der Waals surface area contributed by atoms with E-state index in [1.54, 1.807) is 42.2 Å². The standard InChI is InChI=1S/C20H21F3N4O2S/c1-12(18(29)27-9-7-14(8-10-27)17(24)28)30-19-25-15(13-5-3-2-4-6-13)11-16(26-19)20(21,22)23/h2-6,11-12,14H,7-10H2,1H3,(H2,24,28)/t12-/m0/s1. The van der Waals surface area contributed by atoms with Crippen LogP contribution in [0.4, 0.5) is 13.2 Å². The van der Waals surface area contributed by atoms with Gasteiger partial charge in [-0.05, 0) is 25.8 Å². The van der Waals surface area contributed by atoms with Gasteiger partial charge < -0.3 is 10.6 Å². The molecule has 0 aliphatic carbocycles. The highest BCUT2D eigenvalue weighted by molar-refractivity contribution is 8.00. The van der Waals surface area contributed by atoms with Gasteiger partial charge in [0.25, 0.3) is 0 Å². The van der Waals surface area contributed by atoms with Crippen LogP contribution in [-0.4, -0.2) is 45.0 Å². The number of hydrogen-bond acceptors (Lipinski definition) is 5. The predicted octanol–water partition coefficient (Wildman–Crippen LogP) is 3.37. The Morgan fingerprint density at radius 3 is 2.37 bits per heavy atom. The Labute approximate surface area is 176 Å². The van der Waals surface area contributed by atoms with E-state index in [-0.39, 0.29) is 28.6 Å². The number of nitrogens with two attached hydrogens (primary N) is 1. The lowest BCUT2D eigenvalue weighted by Gasteiger charge is -2.32. The van der Waals surface area contributed by atoms with Crippen molar-refractivity contribution in [1.29, 1.82) is 0 Å². The maximum absolute atomic E-state index is 13.3. The maximum Gasteiger partial charge on any atom is 0.433 e. The zero-order chi connectivity index (χ0) is 21.9. The summed E-state index contributed by atoms with van der Waals surface area (Å²) < 4.78 is 40.0. The van der Waals surface area contributed by atoms with Gasteiger partial charge >= 0.3 is 6.18 Å². The van der Waals surface area contributed by atoms with Gasteiger partial charge in [-0.1, -0.05) is 42.1 Å². The summed E-state index contributed by atoms with van der Waals surface area (Å²) in [6.45, 7) is 2.38. The largest absolute Gasteiger partial charge is 0.433 e. The molecule has 1 aromatic heterocycles. The molecule has 1 aliphatic heterocycles. The van der Waals surface area contributed by atoms with E-state index in [1.165, 1.54) is 0 Å². The van der Waals surface area contributed by atoms with Crippen LogP contribution in [0, 0.1) is 5.92 Å². The van der Waals surface area contributed by atoms with Gasteiger partial charge in [-0.3, -0.25) is 9.59 Å². The number of piperidine rings is 1. The molecule has 0 radical (unpaired) electrons. The molecule has 6 nitrogen and oxygen atoms in total. The van der Waals surface area contributed by atoms with E-state index in [0.29, 0.717) is 31.5 Å². The first kappa shape index (κ1) is 22.1. The molecule has 1 saturated heterocycles. The van der Waals surface area contributed by atoms with Gasteiger partial charge in [0.2, 0.25) is 11.8 Å². The van der Waals surface area contributed by atoms with Crippen LogP contribution in [0.25, 0.3) is 11.3 Å². The zero-order valence-corrected chi connectivity index (χ0v) is 17.0. The van der Waals surface area contributed by atoms with Gasteiger partial charge in [-0.15, -0.1) is 0 Å². The number of alkyl halides is 3. The van der Waals surface area contributed by atoms with Crippen molar-refractivity contribution >= 4 is 23.6 Å².